The molecule has 1 amide bonds. The van der Waals surface area contributed by atoms with Gasteiger partial charge in [0, 0.05) is 11.6 Å². The van der Waals surface area contributed by atoms with Crippen molar-refractivity contribution in [1.29, 1.82) is 0 Å². The number of aromatic hydroxyl groups is 2. The van der Waals surface area contributed by atoms with Crippen molar-refractivity contribution in [2.45, 2.75) is 12.3 Å². The van der Waals surface area contributed by atoms with E-state index in [-0.39, 0.29) is 23.2 Å². The number of nitrogens with zero attached hydrogens (tertiary/aromatic N) is 6. The van der Waals surface area contributed by atoms with Gasteiger partial charge in [0.25, 0.3) is 0 Å². The zero-order valence-corrected chi connectivity index (χ0v) is 22.8. The Bertz CT molecular complexity index is 1770. The first-order chi connectivity index (χ1) is 19.4. The zero-order valence-electron chi connectivity index (χ0n) is 21.2. The number of hydrogen-bond donors (Lipinski definition) is 2. The molecule has 6 rings (SSSR count). The molecule has 1 fully saturated rings. The average Bonchev–Trinajstić information content (AvgIpc) is 3.55. The van der Waals surface area contributed by atoms with E-state index in [1.165, 1.54) is 46.2 Å². The molecular formula is C29H22N6O3S2. The Morgan fingerprint density at radius 3 is 2.55 bits per heavy atom. The van der Waals surface area contributed by atoms with Crippen molar-refractivity contribution in [1.82, 2.24) is 4.98 Å². The lowest BCUT2D eigenvalue weighted by molar-refractivity contribution is -0.115. The van der Waals surface area contributed by atoms with Gasteiger partial charge in [-0.1, -0.05) is 35.6 Å². The van der Waals surface area contributed by atoms with Crippen LogP contribution in [0.25, 0.3) is 10.2 Å². The normalized spacial score (nSPS) is 15.7. The molecule has 0 saturated carbocycles. The number of azo groups is 2. The van der Waals surface area contributed by atoms with Gasteiger partial charge < -0.3 is 10.2 Å². The minimum absolute atomic E-state index is 0.0132. The third-order valence-electron chi connectivity index (χ3n) is 6.17. The number of anilines is 1. The number of fused-ring (bicyclic) bond motifs is 1. The number of rotatable bonds is 6. The second-order valence-corrected chi connectivity index (χ2v) is 11.1. The Morgan fingerprint density at radius 1 is 0.875 bits per heavy atom. The second-order valence-electron chi connectivity index (χ2n) is 9.05. The van der Waals surface area contributed by atoms with Crippen molar-refractivity contribution >= 4 is 67.1 Å². The quantitative estimate of drug-likeness (QED) is 0.199. The fourth-order valence-electron chi connectivity index (χ4n) is 4.31. The van der Waals surface area contributed by atoms with E-state index in [1.54, 1.807) is 18.2 Å². The SMILES string of the molecule is Cc1cccc(N=Nc2ccc(O)cc2N2C(=O)CSC2c2cc(N=Nc3nc4ccccc4s3)ccc2O)c1. The highest BCUT2D eigenvalue weighted by molar-refractivity contribution is 8.00. The molecule has 0 aliphatic carbocycles. The number of aryl methyl sites for hydroxylation is 1. The molecule has 1 unspecified atom stereocenters. The van der Waals surface area contributed by atoms with E-state index in [9.17, 15) is 15.0 Å². The number of phenolic OH excluding ortho intramolecular Hbond substituents is 2. The van der Waals surface area contributed by atoms with E-state index in [0.717, 1.165) is 15.8 Å². The number of thiazole rings is 1. The largest absolute Gasteiger partial charge is 0.508 e. The Morgan fingerprint density at radius 2 is 1.70 bits per heavy atom. The molecule has 0 bridgehead atoms. The van der Waals surface area contributed by atoms with Crippen LogP contribution in [0.15, 0.2) is 105 Å². The molecule has 5 aromatic rings. The summed E-state index contributed by atoms with van der Waals surface area (Å²) in [5, 5.41) is 38.4. The molecule has 198 valence electrons. The molecule has 1 atom stereocenters. The molecule has 1 aromatic heterocycles. The summed E-state index contributed by atoms with van der Waals surface area (Å²) in [6, 6.07) is 24.8. The molecule has 11 heteroatoms. The van der Waals surface area contributed by atoms with Crippen LogP contribution >= 0.6 is 23.1 Å². The predicted octanol–water partition coefficient (Wildman–Crippen LogP) is 8.63. The Balaban J connectivity index is 1.33. The first kappa shape index (κ1) is 25.7. The molecule has 40 heavy (non-hydrogen) atoms. The number of phenols is 2. The highest BCUT2D eigenvalue weighted by atomic mass is 32.2. The highest BCUT2D eigenvalue weighted by Crippen LogP contribution is 2.48. The summed E-state index contributed by atoms with van der Waals surface area (Å²) in [5.41, 5.74) is 4.35. The highest BCUT2D eigenvalue weighted by Gasteiger charge is 2.37. The fraction of sp³-hybridized carbons (Fsp3) is 0.103. The maximum Gasteiger partial charge on any atom is 0.238 e. The van der Waals surface area contributed by atoms with Crippen LogP contribution in [0.2, 0.25) is 0 Å². The summed E-state index contributed by atoms with van der Waals surface area (Å²) in [7, 11) is 0. The van der Waals surface area contributed by atoms with Crippen LogP contribution in [-0.2, 0) is 4.79 Å². The summed E-state index contributed by atoms with van der Waals surface area (Å²) in [5.74, 6) is -0.00520. The van der Waals surface area contributed by atoms with Gasteiger partial charge in [0.1, 0.15) is 22.6 Å². The van der Waals surface area contributed by atoms with Crippen molar-refractivity contribution in [2.75, 3.05) is 10.7 Å². The van der Waals surface area contributed by atoms with Gasteiger partial charge in [-0.15, -0.1) is 27.1 Å². The zero-order chi connectivity index (χ0) is 27.6. The van der Waals surface area contributed by atoms with Crippen molar-refractivity contribution in [3.8, 4) is 11.5 Å². The maximum atomic E-state index is 13.2. The number of para-hydroxylation sites is 1. The monoisotopic (exact) mass is 566 g/mol. The summed E-state index contributed by atoms with van der Waals surface area (Å²) in [6.45, 7) is 1.97. The molecule has 2 N–H and O–H groups in total. The summed E-state index contributed by atoms with van der Waals surface area (Å²) in [6.07, 6.45) is 0. The number of aromatic nitrogens is 1. The smallest absolute Gasteiger partial charge is 0.238 e. The molecule has 1 aliphatic heterocycles. The van der Waals surface area contributed by atoms with Crippen LogP contribution in [-0.4, -0.2) is 26.9 Å². The van der Waals surface area contributed by atoms with Gasteiger partial charge in [-0.3, -0.25) is 9.69 Å². The van der Waals surface area contributed by atoms with E-state index in [2.05, 4.69) is 25.4 Å². The number of carbonyl (C=O) groups is 1. The van der Waals surface area contributed by atoms with E-state index >= 15 is 0 Å². The van der Waals surface area contributed by atoms with Crippen LogP contribution in [0.1, 0.15) is 16.5 Å². The number of hydrogen-bond acceptors (Lipinski definition) is 10. The van der Waals surface area contributed by atoms with Crippen molar-refractivity contribution in [3.63, 3.8) is 0 Å². The average molecular weight is 567 g/mol. The number of thioether (sulfide) groups is 1. The van der Waals surface area contributed by atoms with Crippen LogP contribution in [0.5, 0.6) is 11.5 Å². The van der Waals surface area contributed by atoms with E-state index in [0.29, 0.717) is 33.4 Å². The van der Waals surface area contributed by atoms with Gasteiger partial charge in [-0.2, -0.15) is 5.11 Å². The standard InChI is InChI=1S/C29H22N6O3S2/c1-17-5-4-6-18(13-17)31-33-22-11-10-20(36)15-24(22)35-27(38)16-39-28(35)21-14-19(9-12-25(21)37)32-34-29-30-23-7-2-3-8-26(23)40-29/h2-15,28,36-37H,16H2,1H3. The lowest BCUT2D eigenvalue weighted by Crippen LogP contribution is -2.27. The minimum atomic E-state index is -0.583. The van der Waals surface area contributed by atoms with Crippen molar-refractivity contribution in [2.24, 2.45) is 20.5 Å². The molecule has 1 saturated heterocycles. The molecular weight excluding hydrogens is 544 g/mol. The van der Waals surface area contributed by atoms with Gasteiger partial charge in [0.2, 0.25) is 11.0 Å². The number of carbonyl (C=O) groups excluding carboxylic acids is 1. The Hall–Kier alpha value is -4.61. The van der Waals surface area contributed by atoms with Gasteiger partial charge >= 0.3 is 0 Å². The molecule has 1 aliphatic rings. The van der Waals surface area contributed by atoms with Crippen LogP contribution in [0.3, 0.4) is 0 Å². The summed E-state index contributed by atoms with van der Waals surface area (Å²) >= 11 is 2.79. The predicted molar refractivity (Wildman–Crippen MR) is 158 cm³/mol. The molecule has 2 heterocycles. The summed E-state index contributed by atoms with van der Waals surface area (Å²) in [4.78, 5) is 19.2. The third-order valence-corrected chi connectivity index (χ3v) is 8.29. The maximum absolute atomic E-state index is 13.2. The molecule has 4 aromatic carbocycles. The minimum Gasteiger partial charge on any atom is -0.508 e. The van der Waals surface area contributed by atoms with E-state index in [1.807, 2.05) is 55.5 Å². The third kappa shape index (κ3) is 5.29. The second kappa shape index (κ2) is 10.9. The first-order valence-electron chi connectivity index (χ1n) is 12.3. The lowest BCUT2D eigenvalue weighted by Gasteiger charge is -2.26. The van der Waals surface area contributed by atoms with E-state index < -0.39 is 5.37 Å². The van der Waals surface area contributed by atoms with Crippen LogP contribution < -0.4 is 4.90 Å². The Labute approximate surface area is 237 Å². The number of amides is 1. The van der Waals surface area contributed by atoms with Gasteiger partial charge in [0.05, 0.1) is 33.0 Å². The van der Waals surface area contributed by atoms with Crippen molar-refractivity contribution < 1.29 is 15.0 Å². The molecule has 0 spiro atoms. The van der Waals surface area contributed by atoms with Crippen LogP contribution in [0, 0.1) is 6.92 Å². The van der Waals surface area contributed by atoms with E-state index in [4.69, 9.17) is 0 Å². The Kier molecular flexibility index (Phi) is 6.97. The van der Waals surface area contributed by atoms with Crippen molar-refractivity contribution in [3.05, 3.63) is 96.1 Å². The molecule has 0 radical (unpaired) electrons. The van der Waals surface area contributed by atoms with Gasteiger partial charge in [-0.05, 0) is 67.1 Å². The topological polar surface area (TPSA) is 123 Å². The lowest BCUT2D eigenvalue weighted by atomic mass is 10.1. The van der Waals surface area contributed by atoms with Crippen LogP contribution in [0.4, 0.5) is 27.9 Å². The summed E-state index contributed by atoms with van der Waals surface area (Å²) < 4.78 is 1.01. The first-order valence-corrected chi connectivity index (χ1v) is 14.2. The van der Waals surface area contributed by atoms with Gasteiger partial charge in [0.15, 0.2) is 0 Å². The van der Waals surface area contributed by atoms with Gasteiger partial charge in [-0.25, -0.2) is 4.98 Å². The molecule has 9 nitrogen and oxygen atoms in total. The number of benzene rings is 4. The fourth-order valence-corrected chi connectivity index (χ4v) is 6.29.